The molecule has 30 heavy (non-hydrogen) atoms. The van der Waals surface area contributed by atoms with Gasteiger partial charge in [-0.25, -0.2) is 4.79 Å². The van der Waals surface area contributed by atoms with Gasteiger partial charge in [0.2, 0.25) is 5.91 Å². The molecule has 1 aromatic rings. The van der Waals surface area contributed by atoms with E-state index in [0.717, 1.165) is 12.1 Å². The fourth-order valence-corrected chi connectivity index (χ4v) is 3.32. The van der Waals surface area contributed by atoms with E-state index in [0.29, 0.717) is 31.5 Å². The Morgan fingerprint density at radius 3 is 2.17 bits per heavy atom. The van der Waals surface area contributed by atoms with Crippen LogP contribution in [0, 0.1) is 5.92 Å². The quantitative estimate of drug-likeness (QED) is 0.753. The summed E-state index contributed by atoms with van der Waals surface area (Å²) in [6.45, 7) is 10.1. The molecule has 1 N–H and O–H groups in total. The second-order valence-electron chi connectivity index (χ2n) is 9.42. The number of ether oxygens (including phenoxy) is 1. The third-order valence-electron chi connectivity index (χ3n) is 5.19. The van der Waals surface area contributed by atoms with E-state index in [-0.39, 0.29) is 24.5 Å². The summed E-state index contributed by atoms with van der Waals surface area (Å²) < 4.78 is 44.3. The molecule has 0 unspecified atom stereocenters. The molecule has 0 aromatic heterocycles. The molecular weight excluding hydrogens is 397 g/mol. The Morgan fingerprint density at radius 2 is 1.63 bits per heavy atom. The molecule has 1 aliphatic rings. The molecule has 2 amide bonds. The normalized spacial score (nSPS) is 16.3. The van der Waals surface area contributed by atoms with E-state index >= 15 is 0 Å². The van der Waals surface area contributed by atoms with Crippen molar-refractivity contribution in [1.29, 1.82) is 0 Å². The minimum Gasteiger partial charge on any atom is -0.444 e. The van der Waals surface area contributed by atoms with Gasteiger partial charge in [-0.3, -0.25) is 4.79 Å². The van der Waals surface area contributed by atoms with Gasteiger partial charge in [-0.05, 0) is 45.2 Å². The molecule has 1 saturated heterocycles. The Labute approximate surface area is 176 Å². The van der Waals surface area contributed by atoms with Crippen LogP contribution in [0.5, 0.6) is 0 Å². The second-order valence-corrected chi connectivity index (χ2v) is 9.42. The van der Waals surface area contributed by atoms with Crippen LogP contribution in [-0.4, -0.2) is 42.1 Å². The predicted octanol–water partition coefficient (Wildman–Crippen LogP) is 4.75. The van der Waals surface area contributed by atoms with Crippen LogP contribution < -0.4 is 5.32 Å². The summed E-state index contributed by atoms with van der Waals surface area (Å²) in [6, 6.07) is 5.19. The molecule has 1 aliphatic heterocycles. The average molecular weight is 428 g/mol. The number of amides is 2. The zero-order valence-corrected chi connectivity index (χ0v) is 18.2. The maximum absolute atomic E-state index is 13.0. The predicted molar refractivity (Wildman–Crippen MR) is 108 cm³/mol. The first-order valence-electron chi connectivity index (χ1n) is 10.1. The number of carbonyl (C=O) groups excluding carboxylic acids is 2. The maximum atomic E-state index is 13.0. The topological polar surface area (TPSA) is 58.6 Å². The summed E-state index contributed by atoms with van der Waals surface area (Å²) >= 11 is 0. The van der Waals surface area contributed by atoms with Crippen LogP contribution in [0.1, 0.15) is 58.6 Å². The zero-order valence-electron chi connectivity index (χ0n) is 18.2. The Hall–Kier alpha value is -2.25. The van der Waals surface area contributed by atoms with E-state index in [1.54, 1.807) is 45.6 Å². The van der Waals surface area contributed by atoms with Gasteiger partial charge in [0.05, 0.1) is 5.56 Å². The van der Waals surface area contributed by atoms with Gasteiger partial charge in [0.1, 0.15) is 5.60 Å². The number of nitrogens with zero attached hydrogens (tertiary/aromatic N) is 1. The number of likely N-dealkylation sites (tertiary alicyclic amines) is 1. The van der Waals surface area contributed by atoms with Gasteiger partial charge in [0, 0.05) is 31.0 Å². The van der Waals surface area contributed by atoms with Crippen LogP contribution in [0.4, 0.5) is 18.0 Å². The number of nitrogens with one attached hydrogen (secondary N) is 1. The summed E-state index contributed by atoms with van der Waals surface area (Å²) in [4.78, 5) is 26.3. The minimum absolute atomic E-state index is 0.140. The Kier molecular flexibility index (Phi) is 7.09. The first kappa shape index (κ1) is 24.0. The van der Waals surface area contributed by atoms with E-state index in [9.17, 15) is 22.8 Å². The SMILES string of the molecule is CC(C)(C)OC(=O)N1CCC(C(=O)NCC(C)(C)c2cccc(C(F)(F)F)c2)CC1. The van der Waals surface area contributed by atoms with Gasteiger partial charge in [0.15, 0.2) is 0 Å². The van der Waals surface area contributed by atoms with Gasteiger partial charge in [-0.15, -0.1) is 0 Å². The number of carbonyl (C=O) groups is 2. The van der Waals surface area contributed by atoms with Crippen LogP contribution in [0.2, 0.25) is 0 Å². The van der Waals surface area contributed by atoms with Gasteiger partial charge in [-0.1, -0.05) is 32.0 Å². The highest BCUT2D eigenvalue weighted by Gasteiger charge is 2.33. The van der Waals surface area contributed by atoms with Crippen molar-refractivity contribution >= 4 is 12.0 Å². The van der Waals surface area contributed by atoms with Crippen molar-refractivity contribution in [1.82, 2.24) is 10.2 Å². The fraction of sp³-hybridized carbons (Fsp3) is 0.636. The van der Waals surface area contributed by atoms with E-state index in [4.69, 9.17) is 4.74 Å². The molecule has 1 aromatic carbocycles. The fourth-order valence-electron chi connectivity index (χ4n) is 3.32. The molecule has 2 rings (SSSR count). The van der Waals surface area contributed by atoms with Crippen molar-refractivity contribution in [3.8, 4) is 0 Å². The van der Waals surface area contributed by atoms with E-state index in [2.05, 4.69) is 5.32 Å². The number of benzene rings is 1. The lowest BCUT2D eigenvalue weighted by Gasteiger charge is -2.33. The number of hydrogen-bond donors (Lipinski definition) is 1. The largest absolute Gasteiger partial charge is 0.444 e. The molecule has 1 heterocycles. The lowest BCUT2D eigenvalue weighted by atomic mass is 9.83. The van der Waals surface area contributed by atoms with Gasteiger partial charge in [-0.2, -0.15) is 13.2 Å². The Morgan fingerprint density at radius 1 is 1.07 bits per heavy atom. The van der Waals surface area contributed by atoms with Crippen LogP contribution in [0.25, 0.3) is 0 Å². The molecule has 0 saturated carbocycles. The van der Waals surface area contributed by atoms with Crippen molar-refractivity contribution in [2.24, 2.45) is 5.92 Å². The van der Waals surface area contributed by atoms with E-state index in [1.165, 1.54) is 6.07 Å². The summed E-state index contributed by atoms with van der Waals surface area (Å²) in [5.74, 6) is -0.375. The van der Waals surface area contributed by atoms with Gasteiger partial charge < -0.3 is 15.0 Å². The van der Waals surface area contributed by atoms with Crippen molar-refractivity contribution in [3.05, 3.63) is 35.4 Å². The van der Waals surface area contributed by atoms with Crippen molar-refractivity contribution < 1.29 is 27.5 Å². The second kappa shape index (κ2) is 8.86. The number of alkyl halides is 3. The van der Waals surface area contributed by atoms with E-state index in [1.807, 2.05) is 0 Å². The third-order valence-corrected chi connectivity index (χ3v) is 5.19. The Balaban J connectivity index is 1.89. The molecule has 0 aliphatic carbocycles. The highest BCUT2D eigenvalue weighted by atomic mass is 19.4. The molecule has 0 radical (unpaired) electrons. The molecule has 0 bridgehead atoms. The first-order chi connectivity index (χ1) is 13.7. The molecular formula is C22H31F3N2O3. The Bertz CT molecular complexity index is 762. The molecule has 1 fully saturated rings. The van der Waals surface area contributed by atoms with Gasteiger partial charge in [0.25, 0.3) is 0 Å². The van der Waals surface area contributed by atoms with Crippen LogP contribution in [-0.2, 0) is 21.1 Å². The lowest BCUT2D eigenvalue weighted by molar-refractivity contribution is -0.137. The molecule has 8 heteroatoms. The van der Waals surface area contributed by atoms with Crippen molar-refractivity contribution in [2.75, 3.05) is 19.6 Å². The zero-order chi connectivity index (χ0) is 22.7. The van der Waals surface area contributed by atoms with Crippen molar-refractivity contribution in [2.45, 2.75) is 64.7 Å². The summed E-state index contributed by atoms with van der Waals surface area (Å²) in [5, 5.41) is 2.88. The smallest absolute Gasteiger partial charge is 0.416 e. The lowest BCUT2D eigenvalue weighted by Crippen LogP contribution is -2.46. The number of piperidine rings is 1. The third kappa shape index (κ3) is 6.64. The molecule has 5 nitrogen and oxygen atoms in total. The maximum Gasteiger partial charge on any atom is 0.416 e. The molecule has 0 spiro atoms. The molecule has 168 valence electrons. The number of halogens is 3. The average Bonchev–Trinajstić information content (AvgIpc) is 2.64. The van der Waals surface area contributed by atoms with Crippen LogP contribution in [0.3, 0.4) is 0 Å². The van der Waals surface area contributed by atoms with Crippen molar-refractivity contribution in [3.63, 3.8) is 0 Å². The summed E-state index contributed by atoms with van der Waals surface area (Å²) in [6.07, 6.45) is -3.74. The number of rotatable bonds is 4. The highest BCUT2D eigenvalue weighted by Crippen LogP contribution is 2.32. The summed E-state index contributed by atoms with van der Waals surface area (Å²) in [5.41, 5.74) is -1.42. The van der Waals surface area contributed by atoms with Crippen LogP contribution >= 0.6 is 0 Å². The monoisotopic (exact) mass is 428 g/mol. The minimum atomic E-state index is -4.41. The summed E-state index contributed by atoms with van der Waals surface area (Å²) in [7, 11) is 0. The number of hydrogen-bond acceptors (Lipinski definition) is 3. The standard InChI is InChI=1S/C22H31F3N2O3/c1-20(2,3)30-19(29)27-11-9-15(10-12-27)18(28)26-14-21(4,5)16-7-6-8-17(13-16)22(23,24)25/h6-8,13,15H,9-12,14H2,1-5H3,(H,26,28). The first-order valence-corrected chi connectivity index (χ1v) is 10.1. The van der Waals surface area contributed by atoms with E-state index < -0.39 is 22.8 Å². The molecule has 0 atom stereocenters. The van der Waals surface area contributed by atoms with Gasteiger partial charge >= 0.3 is 12.3 Å². The van der Waals surface area contributed by atoms with Crippen LogP contribution in [0.15, 0.2) is 24.3 Å². The highest BCUT2D eigenvalue weighted by molar-refractivity contribution is 5.79.